The first-order valence-electron chi connectivity index (χ1n) is 5.89. The van der Waals surface area contributed by atoms with E-state index in [-0.39, 0.29) is 11.9 Å². The lowest BCUT2D eigenvalue weighted by Gasteiger charge is -2.15. The number of ether oxygens (including phenoxy) is 1. The number of furan rings is 1. The van der Waals surface area contributed by atoms with Gasteiger partial charge in [-0.05, 0) is 43.3 Å². The highest BCUT2D eigenvalue weighted by atomic mass is 19.1. The quantitative estimate of drug-likeness (QED) is 0.854. The first kappa shape index (κ1) is 12.6. The Bertz CT molecular complexity index is 453. The zero-order valence-electron chi connectivity index (χ0n) is 10.2. The molecule has 2 rings (SSSR count). The number of benzene rings is 1. The number of nitrogens with one attached hydrogen (secondary N) is 1. The summed E-state index contributed by atoms with van der Waals surface area (Å²) in [4.78, 5) is 0. The molecule has 0 saturated carbocycles. The SMILES string of the molecule is CC(CNCc1ccco1)Oc1ccc(F)cc1. The molecule has 0 aliphatic carbocycles. The molecule has 0 aliphatic rings. The summed E-state index contributed by atoms with van der Waals surface area (Å²) in [6, 6.07) is 9.79. The molecule has 0 radical (unpaired) electrons. The van der Waals surface area contributed by atoms with E-state index in [2.05, 4.69) is 5.32 Å². The summed E-state index contributed by atoms with van der Waals surface area (Å²) in [6.07, 6.45) is 1.65. The van der Waals surface area contributed by atoms with Gasteiger partial charge in [0.05, 0.1) is 12.8 Å². The molecule has 0 spiro atoms. The van der Waals surface area contributed by atoms with Gasteiger partial charge in [-0.3, -0.25) is 0 Å². The molecule has 1 heterocycles. The summed E-state index contributed by atoms with van der Waals surface area (Å²) < 4.78 is 23.5. The molecule has 2 aromatic rings. The van der Waals surface area contributed by atoms with E-state index < -0.39 is 0 Å². The Kier molecular flexibility index (Phi) is 4.36. The summed E-state index contributed by atoms with van der Waals surface area (Å²) in [5.41, 5.74) is 0. The lowest BCUT2D eigenvalue weighted by molar-refractivity contribution is 0.215. The Hall–Kier alpha value is -1.81. The Morgan fingerprint density at radius 2 is 2.06 bits per heavy atom. The van der Waals surface area contributed by atoms with Crippen molar-refractivity contribution in [2.45, 2.75) is 19.6 Å². The second kappa shape index (κ2) is 6.21. The van der Waals surface area contributed by atoms with Gasteiger partial charge in [-0.1, -0.05) is 0 Å². The average molecular weight is 249 g/mol. The Morgan fingerprint density at radius 3 is 2.72 bits per heavy atom. The van der Waals surface area contributed by atoms with E-state index in [0.717, 1.165) is 5.76 Å². The van der Waals surface area contributed by atoms with Crippen LogP contribution in [0.4, 0.5) is 4.39 Å². The Morgan fingerprint density at radius 1 is 1.28 bits per heavy atom. The average Bonchev–Trinajstić information content (AvgIpc) is 2.85. The molecule has 3 nitrogen and oxygen atoms in total. The van der Waals surface area contributed by atoms with Gasteiger partial charge >= 0.3 is 0 Å². The van der Waals surface area contributed by atoms with Crippen molar-refractivity contribution in [1.29, 1.82) is 0 Å². The van der Waals surface area contributed by atoms with Crippen LogP contribution in [0.25, 0.3) is 0 Å². The van der Waals surface area contributed by atoms with E-state index in [0.29, 0.717) is 18.8 Å². The maximum absolute atomic E-state index is 12.7. The molecule has 0 bridgehead atoms. The summed E-state index contributed by atoms with van der Waals surface area (Å²) in [5, 5.41) is 3.23. The number of halogens is 1. The van der Waals surface area contributed by atoms with Gasteiger partial charge in [0, 0.05) is 6.54 Å². The topological polar surface area (TPSA) is 34.4 Å². The first-order chi connectivity index (χ1) is 8.74. The van der Waals surface area contributed by atoms with Crippen LogP contribution in [0.3, 0.4) is 0 Å². The smallest absolute Gasteiger partial charge is 0.123 e. The van der Waals surface area contributed by atoms with Crippen LogP contribution in [-0.2, 0) is 6.54 Å². The first-order valence-corrected chi connectivity index (χ1v) is 5.89. The number of hydrogen-bond acceptors (Lipinski definition) is 3. The molecule has 4 heteroatoms. The van der Waals surface area contributed by atoms with Crippen LogP contribution in [0.15, 0.2) is 47.1 Å². The van der Waals surface area contributed by atoms with Crippen molar-refractivity contribution in [3.05, 3.63) is 54.2 Å². The zero-order valence-corrected chi connectivity index (χ0v) is 10.2. The van der Waals surface area contributed by atoms with Gasteiger partial charge in [-0.25, -0.2) is 4.39 Å². The maximum Gasteiger partial charge on any atom is 0.123 e. The minimum absolute atomic E-state index is 0.00502. The third kappa shape index (κ3) is 3.89. The molecular formula is C14H16FNO2. The van der Waals surface area contributed by atoms with Gasteiger partial charge in [0.15, 0.2) is 0 Å². The molecule has 0 amide bonds. The van der Waals surface area contributed by atoms with Crippen molar-refractivity contribution in [2.24, 2.45) is 0 Å². The Balaban J connectivity index is 1.71. The molecular weight excluding hydrogens is 233 g/mol. The van der Waals surface area contributed by atoms with E-state index in [1.165, 1.54) is 12.1 Å². The lowest BCUT2D eigenvalue weighted by Crippen LogP contribution is -2.28. The molecule has 1 aromatic carbocycles. The number of hydrogen-bond donors (Lipinski definition) is 1. The van der Waals surface area contributed by atoms with Crippen LogP contribution in [0.2, 0.25) is 0 Å². The fraction of sp³-hybridized carbons (Fsp3) is 0.286. The van der Waals surface area contributed by atoms with Crippen molar-refractivity contribution < 1.29 is 13.5 Å². The van der Waals surface area contributed by atoms with Gasteiger partial charge in [0.25, 0.3) is 0 Å². The third-order valence-electron chi connectivity index (χ3n) is 2.46. The van der Waals surface area contributed by atoms with Gasteiger partial charge in [-0.15, -0.1) is 0 Å². The second-order valence-corrected chi connectivity index (χ2v) is 4.09. The summed E-state index contributed by atoms with van der Waals surface area (Å²) >= 11 is 0. The van der Waals surface area contributed by atoms with Gasteiger partial charge < -0.3 is 14.5 Å². The van der Waals surface area contributed by atoms with E-state index in [1.807, 2.05) is 19.1 Å². The highest BCUT2D eigenvalue weighted by Gasteiger charge is 2.04. The maximum atomic E-state index is 12.7. The van der Waals surface area contributed by atoms with Gasteiger partial charge in [0.2, 0.25) is 0 Å². The van der Waals surface area contributed by atoms with Crippen LogP contribution in [0.5, 0.6) is 5.75 Å². The van der Waals surface area contributed by atoms with Crippen LogP contribution < -0.4 is 10.1 Å². The predicted molar refractivity (Wildman–Crippen MR) is 66.9 cm³/mol. The minimum Gasteiger partial charge on any atom is -0.489 e. The third-order valence-corrected chi connectivity index (χ3v) is 2.46. The number of rotatable bonds is 6. The van der Waals surface area contributed by atoms with E-state index >= 15 is 0 Å². The fourth-order valence-electron chi connectivity index (χ4n) is 1.60. The monoisotopic (exact) mass is 249 g/mol. The van der Waals surface area contributed by atoms with Gasteiger partial charge in [0.1, 0.15) is 23.4 Å². The standard InChI is InChI=1S/C14H16FNO2/c1-11(9-16-10-14-3-2-8-17-14)18-13-6-4-12(15)5-7-13/h2-8,11,16H,9-10H2,1H3. The van der Waals surface area contributed by atoms with Crippen LogP contribution in [-0.4, -0.2) is 12.6 Å². The summed E-state index contributed by atoms with van der Waals surface area (Å²) in [5.74, 6) is 1.30. The van der Waals surface area contributed by atoms with Crippen LogP contribution in [0.1, 0.15) is 12.7 Å². The van der Waals surface area contributed by atoms with E-state index in [1.54, 1.807) is 18.4 Å². The van der Waals surface area contributed by atoms with Gasteiger partial charge in [-0.2, -0.15) is 0 Å². The van der Waals surface area contributed by atoms with Crippen LogP contribution >= 0.6 is 0 Å². The largest absolute Gasteiger partial charge is 0.489 e. The summed E-state index contributed by atoms with van der Waals surface area (Å²) in [6.45, 7) is 3.32. The van der Waals surface area contributed by atoms with E-state index in [9.17, 15) is 4.39 Å². The molecule has 0 saturated heterocycles. The lowest BCUT2D eigenvalue weighted by atomic mass is 10.3. The van der Waals surface area contributed by atoms with Crippen molar-refractivity contribution in [3.8, 4) is 5.75 Å². The van der Waals surface area contributed by atoms with Crippen molar-refractivity contribution in [2.75, 3.05) is 6.54 Å². The van der Waals surface area contributed by atoms with Crippen molar-refractivity contribution >= 4 is 0 Å². The van der Waals surface area contributed by atoms with Crippen LogP contribution in [0, 0.1) is 5.82 Å². The minimum atomic E-state index is -0.258. The molecule has 1 aromatic heterocycles. The molecule has 1 N–H and O–H groups in total. The second-order valence-electron chi connectivity index (χ2n) is 4.09. The normalized spacial score (nSPS) is 12.3. The molecule has 0 aliphatic heterocycles. The predicted octanol–water partition coefficient (Wildman–Crippen LogP) is 2.98. The van der Waals surface area contributed by atoms with Crippen molar-refractivity contribution in [3.63, 3.8) is 0 Å². The Labute approximate surface area is 106 Å². The van der Waals surface area contributed by atoms with Crippen molar-refractivity contribution in [1.82, 2.24) is 5.32 Å². The molecule has 0 fully saturated rings. The molecule has 96 valence electrons. The highest BCUT2D eigenvalue weighted by molar-refractivity contribution is 5.22. The highest BCUT2D eigenvalue weighted by Crippen LogP contribution is 2.12. The molecule has 18 heavy (non-hydrogen) atoms. The molecule has 1 unspecified atom stereocenters. The summed E-state index contributed by atoms with van der Waals surface area (Å²) in [7, 11) is 0. The zero-order chi connectivity index (χ0) is 12.8. The molecule has 1 atom stereocenters. The van der Waals surface area contributed by atoms with E-state index in [4.69, 9.17) is 9.15 Å². The fourth-order valence-corrected chi connectivity index (χ4v) is 1.60.